The summed E-state index contributed by atoms with van der Waals surface area (Å²) in [6, 6.07) is 0. The average Bonchev–Trinajstić information content (AvgIpc) is 2.82. The quantitative estimate of drug-likeness (QED) is 0.476. The van der Waals surface area contributed by atoms with Crippen LogP contribution in [0.15, 0.2) is 17.4 Å². The number of halogens is 1. The zero-order valence-corrected chi connectivity index (χ0v) is 15.7. The normalized spacial score (nSPS) is 19.7. The van der Waals surface area contributed by atoms with Gasteiger partial charge in [-0.3, -0.25) is 0 Å². The molecule has 1 unspecified atom stereocenters. The molecule has 5 nitrogen and oxygen atoms in total. The van der Waals surface area contributed by atoms with Gasteiger partial charge in [0.15, 0.2) is 5.96 Å². The molecule has 1 aromatic heterocycles. The highest BCUT2D eigenvalue weighted by Gasteiger charge is 2.17. The van der Waals surface area contributed by atoms with Crippen LogP contribution in [0.1, 0.15) is 39.4 Å². The molecule has 1 aliphatic rings. The van der Waals surface area contributed by atoms with Gasteiger partial charge in [0, 0.05) is 32.0 Å². The lowest BCUT2D eigenvalue weighted by atomic mass is 10.0. The Bertz CT molecular complexity index is 455. The number of aromatic nitrogens is 2. The fourth-order valence-corrected chi connectivity index (χ4v) is 2.70. The third-order valence-electron chi connectivity index (χ3n) is 3.73. The van der Waals surface area contributed by atoms with Crippen LogP contribution >= 0.6 is 24.0 Å². The highest BCUT2D eigenvalue weighted by Crippen LogP contribution is 2.15. The first-order valence-corrected chi connectivity index (χ1v) is 7.61. The van der Waals surface area contributed by atoms with Crippen LogP contribution in [-0.2, 0) is 13.1 Å². The topological polar surface area (TPSA) is 59.4 Å². The van der Waals surface area contributed by atoms with E-state index in [1.54, 1.807) is 0 Å². The van der Waals surface area contributed by atoms with Crippen LogP contribution in [0.5, 0.6) is 0 Å². The van der Waals surface area contributed by atoms with Crippen molar-refractivity contribution in [2.75, 3.05) is 13.1 Å². The highest BCUT2D eigenvalue weighted by atomic mass is 127. The molecule has 2 heterocycles. The van der Waals surface area contributed by atoms with Gasteiger partial charge in [0.05, 0.1) is 0 Å². The first-order valence-electron chi connectivity index (χ1n) is 7.61. The number of hydrogen-bond donors (Lipinski definition) is 1. The van der Waals surface area contributed by atoms with Crippen molar-refractivity contribution in [1.82, 2.24) is 14.5 Å². The van der Waals surface area contributed by atoms with Crippen LogP contribution in [0.25, 0.3) is 0 Å². The van der Waals surface area contributed by atoms with E-state index in [-0.39, 0.29) is 24.0 Å². The predicted molar refractivity (Wildman–Crippen MR) is 97.8 cm³/mol. The molecule has 1 saturated heterocycles. The summed E-state index contributed by atoms with van der Waals surface area (Å²) in [5.74, 6) is 2.97. The molecule has 0 bridgehead atoms. The van der Waals surface area contributed by atoms with Gasteiger partial charge in [-0.2, -0.15) is 0 Å². The maximum absolute atomic E-state index is 6.12. The second-order valence-electron chi connectivity index (χ2n) is 6.26. The molecule has 120 valence electrons. The number of guanidine groups is 1. The number of hydrogen-bond acceptors (Lipinski definition) is 2. The number of aliphatic imine (C=N–C) groups is 1. The fourth-order valence-electron chi connectivity index (χ4n) is 2.70. The molecule has 6 heteroatoms. The van der Waals surface area contributed by atoms with E-state index in [9.17, 15) is 0 Å². The maximum Gasteiger partial charge on any atom is 0.191 e. The Kier molecular flexibility index (Phi) is 7.48. The molecular formula is C15H28IN5. The van der Waals surface area contributed by atoms with E-state index in [1.165, 1.54) is 12.8 Å². The van der Waals surface area contributed by atoms with Crippen molar-refractivity contribution in [2.24, 2.45) is 22.6 Å². The molecule has 0 amide bonds. The first-order chi connectivity index (χ1) is 9.56. The lowest BCUT2D eigenvalue weighted by Crippen LogP contribution is -2.43. The van der Waals surface area contributed by atoms with Gasteiger partial charge < -0.3 is 15.2 Å². The Labute approximate surface area is 145 Å². The van der Waals surface area contributed by atoms with Crippen molar-refractivity contribution in [2.45, 2.75) is 46.7 Å². The van der Waals surface area contributed by atoms with E-state index in [0.29, 0.717) is 24.3 Å². The smallest absolute Gasteiger partial charge is 0.191 e. The summed E-state index contributed by atoms with van der Waals surface area (Å²) in [5.41, 5.74) is 6.12. The molecule has 1 aliphatic heterocycles. The second kappa shape index (κ2) is 8.60. The maximum atomic E-state index is 6.12. The standard InChI is InChI=1S/C15H27N5.HI/c1-12(2)10-19-8-6-17-14(19)9-18-15(16)20-7-4-5-13(3)11-20;/h6,8,12-13H,4-5,7,9-11H2,1-3H3,(H2,16,18);1H. The van der Waals surface area contributed by atoms with Gasteiger partial charge >= 0.3 is 0 Å². The van der Waals surface area contributed by atoms with Crippen LogP contribution in [0, 0.1) is 11.8 Å². The number of piperidine rings is 1. The summed E-state index contributed by atoms with van der Waals surface area (Å²) in [5, 5.41) is 0. The third kappa shape index (κ3) is 5.48. The second-order valence-corrected chi connectivity index (χ2v) is 6.26. The van der Waals surface area contributed by atoms with Gasteiger partial charge in [-0.1, -0.05) is 20.8 Å². The number of nitrogens with two attached hydrogens (primary N) is 1. The minimum absolute atomic E-state index is 0. The average molecular weight is 405 g/mol. The van der Waals surface area contributed by atoms with Crippen LogP contribution < -0.4 is 5.73 Å². The lowest BCUT2D eigenvalue weighted by molar-refractivity contribution is 0.270. The summed E-state index contributed by atoms with van der Waals surface area (Å²) >= 11 is 0. The zero-order valence-electron chi connectivity index (χ0n) is 13.3. The van der Waals surface area contributed by atoms with E-state index < -0.39 is 0 Å². The van der Waals surface area contributed by atoms with Crippen LogP contribution in [0.2, 0.25) is 0 Å². The van der Waals surface area contributed by atoms with Gasteiger partial charge in [0.2, 0.25) is 0 Å². The SMILES string of the molecule is CC(C)Cn1ccnc1CN=C(N)N1CCCC(C)C1.I. The molecule has 0 radical (unpaired) electrons. The number of nitrogens with zero attached hydrogens (tertiary/aromatic N) is 4. The van der Waals surface area contributed by atoms with Gasteiger partial charge in [0.1, 0.15) is 12.4 Å². The Hall–Kier alpha value is -0.790. The highest BCUT2D eigenvalue weighted by molar-refractivity contribution is 14.0. The molecule has 0 saturated carbocycles. The van der Waals surface area contributed by atoms with Gasteiger partial charge in [-0.25, -0.2) is 9.98 Å². The minimum Gasteiger partial charge on any atom is -0.370 e. The van der Waals surface area contributed by atoms with Crippen molar-refractivity contribution in [3.05, 3.63) is 18.2 Å². The van der Waals surface area contributed by atoms with Gasteiger partial charge in [-0.05, 0) is 24.7 Å². The first kappa shape index (κ1) is 18.3. The molecule has 1 fully saturated rings. The summed E-state index contributed by atoms with van der Waals surface area (Å²) < 4.78 is 2.17. The van der Waals surface area contributed by atoms with Crippen LogP contribution in [-0.4, -0.2) is 33.5 Å². The van der Waals surface area contributed by atoms with E-state index in [0.717, 1.165) is 25.5 Å². The molecular weight excluding hydrogens is 377 g/mol. The molecule has 0 aliphatic carbocycles. The number of imidazole rings is 1. The van der Waals surface area contributed by atoms with Crippen LogP contribution in [0.3, 0.4) is 0 Å². The van der Waals surface area contributed by atoms with E-state index in [1.807, 2.05) is 12.4 Å². The Morgan fingerprint density at radius 3 is 2.95 bits per heavy atom. The number of rotatable bonds is 4. The molecule has 2 N–H and O–H groups in total. The molecule has 0 aromatic carbocycles. The summed E-state index contributed by atoms with van der Waals surface area (Å²) in [6.07, 6.45) is 6.36. The molecule has 1 aromatic rings. The summed E-state index contributed by atoms with van der Waals surface area (Å²) in [4.78, 5) is 11.1. The van der Waals surface area contributed by atoms with Crippen molar-refractivity contribution < 1.29 is 0 Å². The largest absolute Gasteiger partial charge is 0.370 e. The van der Waals surface area contributed by atoms with Crippen molar-refractivity contribution in [1.29, 1.82) is 0 Å². The van der Waals surface area contributed by atoms with Crippen molar-refractivity contribution in [3.8, 4) is 0 Å². The van der Waals surface area contributed by atoms with Gasteiger partial charge in [0.25, 0.3) is 0 Å². The molecule has 1 atom stereocenters. The van der Waals surface area contributed by atoms with Crippen molar-refractivity contribution in [3.63, 3.8) is 0 Å². The predicted octanol–water partition coefficient (Wildman–Crippen LogP) is 2.70. The molecule has 2 rings (SSSR count). The van der Waals surface area contributed by atoms with Gasteiger partial charge in [-0.15, -0.1) is 24.0 Å². The summed E-state index contributed by atoms with van der Waals surface area (Å²) in [6.45, 7) is 10.3. The lowest BCUT2D eigenvalue weighted by Gasteiger charge is -2.31. The Balaban J connectivity index is 0.00000220. The van der Waals surface area contributed by atoms with Crippen LogP contribution in [0.4, 0.5) is 0 Å². The Morgan fingerprint density at radius 2 is 2.29 bits per heavy atom. The monoisotopic (exact) mass is 405 g/mol. The summed E-state index contributed by atoms with van der Waals surface area (Å²) in [7, 11) is 0. The molecule has 0 spiro atoms. The third-order valence-corrected chi connectivity index (χ3v) is 3.73. The fraction of sp³-hybridized carbons (Fsp3) is 0.733. The van der Waals surface area contributed by atoms with E-state index >= 15 is 0 Å². The Morgan fingerprint density at radius 1 is 1.52 bits per heavy atom. The van der Waals surface area contributed by atoms with Crippen molar-refractivity contribution >= 4 is 29.9 Å². The minimum atomic E-state index is 0. The van der Waals surface area contributed by atoms with E-state index in [2.05, 4.69) is 40.2 Å². The number of likely N-dealkylation sites (tertiary alicyclic amines) is 1. The van der Waals surface area contributed by atoms with E-state index in [4.69, 9.17) is 5.73 Å². The zero-order chi connectivity index (χ0) is 14.5. The molecule has 21 heavy (non-hydrogen) atoms.